The lowest BCUT2D eigenvalue weighted by molar-refractivity contribution is -0.147. The van der Waals surface area contributed by atoms with Crippen LogP contribution < -0.4 is 11.1 Å². The van der Waals surface area contributed by atoms with Crippen LogP contribution in [0.4, 0.5) is 5.69 Å². The summed E-state index contributed by atoms with van der Waals surface area (Å²) in [5.41, 5.74) is 6.58. The van der Waals surface area contributed by atoms with Crippen LogP contribution in [0.15, 0.2) is 48.8 Å². The molecule has 1 saturated heterocycles. The van der Waals surface area contributed by atoms with Gasteiger partial charge in [-0.1, -0.05) is 44.2 Å². The van der Waals surface area contributed by atoms with Crippen LogP contribution in [0.5, 0.6) is 0 Å². The molecule has 1 aromatic carbocycles. The number of carbonyl (C=O) groups is 3. The maximum Gasteiger partial charge on any atom is 0.313 e. The number of amides is 3. The quantitative estimate of drug-likeness (QED) is 0.798. The Hall–Kier alpha value is -3.22. The molecule has 3 rings (SSSR count). The first-order valence-corrected chi connectivity index (χ1v) is 9.18. The Kier molecular flexibility index (Phi) is 5.44. The van der Waals surface area contributed by atoms with E-state index in [0.717, 1.165) is 18.4 Å². The van der Waals surface area contributed by atoms with Crippen LogP contribution in [-0.4, -0.2) is 34.2 Å². The zero-order valence-electron chi connectivity index (χ0n) is 16.0. The molecule has 1 aromatic heterocycles. The van der Waals surface area contributed by atoms with Gasteiger partial charge in [-0.2, -0.15) is 0 Å². The highest BCUT2D eigenvalue weighted by atomic mass is 16.2. The monoisotopic (exact) mass is 380 g/mol. The topological polar surface area (TPSA) is 105 Å². The van der Waals surface area contributed by atoms with Crippen LogP contribution >= 0.6 is 0 Å². The molecule has 1 unspecified atom stereocenters. The van der Waals surface area contributed by atoms with E-state index >= 15 is 0 Å². The molecule has 1 atom stereocenters. The van der Waals surface area contributed by atoms with Gasteiger partial charge in [0.25, 0.3) is 0 Å². The van der Waals surface area contributed by atoms with Gasteiger partial charge in [0.15, 0.2) is 0 Å². The van der Waals surface area contributed by atoms with Crippen molar-refractivity contribution in [3.63, 3.8) is 0 Å². The van der Waals surface area contributed by atoms with E-state index in [9.17, 15) is 14.4 Å². The molecule has 3 N–H and O–H groups in total. The number of nitrogens with two attached hydrogens (primary N) is 1. The SMILES string of the molecule is CC1(C)CCC(c2ccccc2)N(C(=O)C(=O)Nc2cncc(C(N)=O)c2)C1. The molecule has 1 aliphatic rings. The molecular formula is C21H24N4O3. The number of nitrogens with one attached hydrogen (secondary N) is 1. The maximum atomic E-state index is 13.0. The second kappa shape index (κ2) is 7.80. The van der Waals surface area contributed by atoms with Gasteiger partial charge in [-0.25, -0.2) is 0 Å². The number of anilines is 1. The highest BCUT2D eigenvalue weighted by Gasteiger charge is 2.38. The zero-order chi connectivity index (χ0) is 20.3. The number of likely N-dealkylation sites (tertiary alicyclic amines) is 1. The van der Waals surface area contributed by atoms with Crippen molar-refractivity contribution in [3.8, 4) is 0 Å². The standard InChI is InChI=1S/C21H24N4O3/c1-21(2)9-8-17(14-6-4-3-5-7-14)25(13-21)20(28)19(27)24-16-10-15(18(22)26)11-23-12-16/h3-7,10-12,17H,8-9,13H2,1-2H3,(H2,22,26)(H,24,27). The summed E-state index contributed by atoms with van der Waals surface area (Å²) in [7, 11) is 0. The molecule has 0 radical (unpaired) electrons. The average molecular weight is 380 g/mol. The van der Waals surface area contributed by atoms with Crippen LogP contribution in [0.3, 0.4) is 0 Å². The van der Waals surface area contributed by atoms with Crippen molar-refractivity contribution in [1.82, 2.24) is 9.88 Å². The van der Waals surface area contributed by atoms with Gasteiger partial charge in [-0.15, -0.1) is 0 Å². The Labute approximate surface area is 163 Å². The van der Waals surface area contributed by atoms with Gasteiger partial charge >= 0.3 is 11.8 Å². The van der Waals surface area contributed by atoms with Crippen LogP contribution in [0.1, 0.15) is 48.7 Å². The van der Waals surface area contributed by atoms with Crippen molar-refractivity contribution in [2.24, 2.45) is 11.1 Å². The molecule has 7 heteroatoms. The Morgan fingerprint density at radius 3 is 2.57 bits per heavy atom. The first-order valence-electron chi connectivity index (χ1n) is 9.18. The summed E-state index contributed by atoms with van der Waals surface area (Å²) >= 11 is 0. The van der Waals surface area contributed by atoms with E-state index in [2.05, 4.69) is 24.1 Å². The van der Waals surface area contributed by atoms with E-state index < -0.39 is 17.7 Å². The molecule has 2 aromatic rings. The van der Waals surface area contributed by atoms with Crippen LogP contribution in [0.2, 0.25) is 0 Å². The molecular weight excluding hydrogens is 356 g/mol. The molecule has 1 fully saturated rings. The van der Waals surface area contributed by atoms with Crippen molar-refractivity contribution in [2.45, 2.75) is 32.7 Å². The van der Waals surface area contributed by atoms with Gasteiger partial charge in [-0.3, -0.25) is 19.4 Å². The number of hydrogen-bond acceptors (Lipinski definition) is 4. The van der Waals surface area contributed by atoms with Gasteiger partial charge in [-0.05, 0) is 29.9 Å². The summed E-state index contributed by atoms with van der Waals surface area (Å²) in [6, 6.07) is 11.0. The summed E-state index contributed by atoms with van der Waals surface area (Å²) < 4.78 is 0. The second-order valence-corrected chi connectivity index (χ2v) is 7.84. The molecule has 3 amide bonds. The normalized spacial score (nSPS) is 18.4. The van der Waals surface area contributed by atoms with Crippen molar-refractivity contribution < 1.29 is 14.4 Å². The predicted molar refractivity (Wildman–Crippen MR) is 105 cm³/mol. The van der Waals surface area contributed by atoms with E-state index in [1.54, 1.807) is 4.90 Å². The van der Waals surface area contributed by atoms with Crippen LogP contribution in [-0.2, 0) is 9.59 Å². The predicted octanol–water partition coefficient (Wildman–Crippen LogP) is 2.51. The molecule has 0 spiro atoms. The van der Waals surface area contributed by atoms with Crippen LogP contribution in [0, 0.1) is 5.41 Å². The molecule has 1 aliphatic heterocycles. The number of carbonyl (C=O) groups excluding carboxylic acids is 3. The maximum absolute atomic E-state index is 13.0. The van der Waals surface area contributed by atoms with Crippen molar-refractivity contribution in [3.05, 3.63) is 59.9 Å². The number of nitrogens with zero attached hydrogens (tertiary/aromatic N) is 2. The van der Waals surface area contributed by atoms with Crippen LogP contribution in [0.25, 0.3) is 0 Å². The first kappa shape index (κ1) is 19.5. The number of piperidine rings is 1. The van der Waals surface area contributed by atoms with Crippen molar-refractivity contribution in [1.29, 1.82) is 0 Å². The van der Waals surface area contributed by atoms with Gasteiger partial charge in [0, 0.05) is 12.7 Å². The molecule has 0 saturated carbocycles. The van der Waals surface area contributed by atoms with Gasteiger partial charge in [0.1, 0.15) is 0 Å². The summed E-state index contributed by atoms with van der Waals surface area (Å²) in [5, 5.41) is 2.53. The van der Waals surface area contributed by atoms with Crippen molar-refractivity contribution in [2.75, 3.05) is 11.9 Å². The minimum atomic E-state index is -0.762. The number of hydrogen-bond donors (Lipinski definition) is 2. The highest BCUT2D eigenvalue weighted by Crippen LogP contribution is 2.39. The number of rotatable bonds is 3. The number of pyridine rings is 1. The lowest BCUT2D eigenvalue weighted by Gasteiger charge is -2.43. The van der Waals surface area contributed by atoms with Gasteiger partial charge < -0.3 is 16.0 Å². The van der Waals surface area contributed by atoms with E-state index in [1.165, 1.54) is 18.5 Å². The summed E-state index contributed by atoms with van der Waals surface area (Å²) in [6.45, 7) is 4.66. The molecule has 28 heavy (non-hydrogen) atoms. The van der Waals surface area contributed by atoms with Crippen molar-refractivity contribution >= 4 is 23.4 Å². The Bertz CT molecular complexity index is 896. The minimum absolute atomic E-state index is 0.0747. The largest absolute Gasteiger partial charge is 0.366 e. The Balaban J connectivity index is 1.81. The Morgan fingerprint density at radius 2 is 1.89 bits per heavy atom. The average Bonchev–Trinajstić information content (AvgIpc) is 2.67. The number of benzene rings is 1. The number of aromatic nitrogens is 1. The molecule has 146 valence electrons. The highest BCUT2D eigenvalue weighted by molar-refractivity contribution is 6.39. The summed E-state index contributed by atoms with van der Waals surface area (Å²) in [4.78, 5) is 42.4. The molecule has 7 nitrogen and oxygen atoms in total. The lowest BCUT2D eigenvalue weighted by atomic mass is 9.79. The lowest BCUT2D eigenvalue weighted by Crippen LogP contribution is -2.49. The van der Waals surface area contributed by atoms with E-state index in [0.29, 0.717) is 6.54 Å². The molecule has 0 bridgehead atoms. The Morgan fingerprint density at radius 1 is 1.18 bits per heavy atom. The third-order valence-electron chi connectivity index (χ3n) is 4.99. The second-order valence-electron chi connectivity index (χ2n) is 7.84. The fourth-order valence-electron chi connectivity index (χ4n) is 3.53. The fourth-order valence-corrected chi connectivity index (χ4v) is 3.53. The molecule has 2 heterocycles. The van der Waals surface area contributed by atoms with Gasteiger partial charge in [0.2, 0.25) is 5.91 Å². The number of primary amides is 1. The van der Waals surface area contributed by atoms with Gasteiger partial charge in [0.05, 0.1) is 23.5 Å². The van der Waals surface area contributed by atoms with E-state index in [1.807, 2.05) is 30.3 Å². The summed E-state index contributed by atoms with van der Waals surface area (Å²) in [5.74, 6) is -2.02. The minimum Gasteiger partial charge on any atom is -0.366 e. The third-order valence-corrected chi connectivity index (χ3v) is 4.99. The fraction of sp³-hybridized carbons (Fsp3) is 0.333. The zero-order valence-corrected chi connectivity index (χ0v) is 16.0. The smallest absolute Gasteiger partial charge is 0.313 e. The van der Waals surface area contributed by atoms with E-state index in [-0.39, 0.29) is 22.7 Å². The first-order chi connectivity index (χ1) is 13.3. The summed E-state index contributed by atoms with van der Waals surface area (Å²) in [6.07, 6.45) is 4.42. The van der Waals surface area contributed by atoms with E-state index in [4.69, 9.17) is 5.73 Å². The third kappa shape index (κ3) is 4.36. The molecule has 0 aliphatic carbocycles.